The summed E-state index contributed by atoms with van der Waals surface area (Å²) in [5.41, 5.74) is 4.52. The predicted octanol–water partition coefficient (Wildman–Crippen LogP) is 3.24. The van der Waals surface area contributed by atoms with Crippen LogP contribution >= 0.6 is 0 Å². The summed E-state index contributed by atoms with van der Waals surface area (Å²) in [5.74, 6) is 0.893. The molecule has 0 spiro atoms. The molecule has 1 fully saturated rings. The molecule has 2 aromatic rings. The summed E-state index contributed by atoms with van der Waals surface area (Å²) in [5, 5.41) is 3.01. The number of nitrogens with one attached hydrogen (secondary N) is 1. The average molecular weight is 280 g/mol. The highest BCUT2D eigenvalue weighted by molar-refractivity contribution is 5.97. The third-order valence-corrected chi connectivity index (χ3v) is 4.54. The van der Waals surface area contributed by atoms with Crippen LogP contribution in [0.5, 0.6) is 0 Å². The predicted molar refractivity (Wildman–Crippen MR) is 83.2 cm³/mol. The van der Waals surface area contributed by atoms with Crippen molar-refractivity contribution < 1.29 is 4.79 Å². The molecule has 2 aliphatic rings. The first kappa shape index (κ1) is 12.7. The van der Waals surface area contributed by atoms with E-state index in [4.69, 9.17) is 0 Å². The minimum atomic E-state index is 0.0919. The Morgan fingerprint density at radius 3 is 2.76 bits per heavy atom. The maximum absolute atomic E-state index is 12.3. The SMILES string of the molecule is O=C1NCCCc2c1cc(-c1ccccc1)n2CC1CC1. The average Bonchev–Trinajstić information content (AvgIpc) is 3.28. The number of carbonyl (C=O) groups is 1. The number of fused-ring (bicyclic) bond motifs is 1. The molecule has 1 aromatic heterocycles. The highest BCUT2D eigenvalue weighted by atomic mass is 16.1. The van der Waals surface area contributed by atoms with Gasteiger partial charge < -0.3 is 9.88 Å². The number of carbonyl (C=O) groups excluding carboxylic acids is 1. The second-order valence-electron chi connectivity index (χ2n) is 6.17. The van der Waals surface area contributed by atoms with E-state index in [-0.39, 0.29) is 5.91 Å². The molecule has 2 heterocycles. The van der Waals surface area contributed by atoms with Gasteiger partial charge >= 0.3 is 0 Å². The number of amides is 1. The van der Waals surface area contributed by atoms with Crippen LogP contribution in [0, 0.1) is 5.92 Å². The molecule has 3 nitrogen and oxygen atoms in total. The Labute approximate surface area is 125 Å². The molecule has 108 valence electrons. The van der Waals surface area contributed by atoms with Gasteiger partial charge in [-0.25, -0.2) is 0 Å². The Hall–Kier alpha value is -2.03. The summed E-state index contributed by atoms with van der Waals surface area (Å²) >= 11 is 0. The molecule has 0 saturated heterocycles. The fraction of sp³-hybridized carbons (Fsp3) is 0.389. The Morgan fingerprint density at radius 2 is 2.00 bits per heavy atom. The Bertz CT molecular complexity index is 668. The van der Waals surface area contributed by atoms with Crippen LogP contribution in [0.4, 0.5) is 0 Å². The molecule has 1 saturated carbocycles. The lowest BCUT2D eigenvalue weighted by molar-refractivity contribution is 0.0956. The number of benzene rings is 1. The zero-order chi connectivity index (χ0) is 14.2. The number of hydrogen-bond donors (Lipinski definition) is 1. The van der Waals surface area contributed by atoms with Gasteiger partial charge in [-0.05, 0) is 43.2 Å². The summed E-state index contributed by atoms with van der Waals surface area (Å²) in [6.45, 7) is 1.85. The van der Waals surface area contributed by atoms with Gasteiger partial charge in [-0.3, -0.25) is 4.79 Å². The van der Waals surface area contributed by atoms with E-state index < -0.39 is 0 Å². The van der Waals surface area contributed by atoms with E-state index in [9.17, 15) is 4.79 Å². The molecule has 1 aliphatic heterocycles. The van der Waals surface area contributed by atoms with Crippen molar-refractivity contribution in [3.63, 3.8) is 0 Å². The Morgan fingerprint density at radius 1 is 1.19 bits per heavy atom. The van der Waals surface area contributed by atoms with Crippen LogP contribution < -0.4 is 5.32 Å². The molecule has 21 heavy (non-hydrogen) atoms. The van der Waals surface area contributed by atoms with Gasteiger partial charge in [0.15, 0.2) is 0 Å². The van der Waals surface area contributed by atoms with Gasteiger partial charge in [0.2, 0.25) is 0 Å². The van der Waals surface area contributed by atoms with Crippen molar-refractivity contribution in [1.29, 1.82) is 0 Å². The van der Waals surface area contributed by atoms with Gasteiger partial charge in [0.1, 0.15) is 0 Å². The van der Waals surface area contributed by atoms with E-state index in [0.29, 0.717) is 0 Å². The van der Waals surface area contributed by atoms with Crippen LogP contribution in [0.1, 0.15) is 35.3 Å². The van der Waals surface area contributed by atoms with Gasteiger partial charge in [0.05, 0.1) is 5.56 Å². The molecule has 1 N–H and O–H groups in total. The van der Waals surface area contributed by atoms with Gasteiger partial charge in [-0.2, -0.15) is 0 Å². The van der Waals surface area contributed by atoms with Crippen molar-refractivity contribution in [3.8, 4) is 11.3 Å². The molecule has 3 heteroatoms. The number of aromatic nitrogens is 1. The van der Waals surface area contributed by atoms with E-state index in [1.807, 2.05) is 6.07 Å². The van der Waals surface area contributed by atoms with Crippen molar-refractivity contribution in [3.05, 3.63) is 47.7 Å². The van der Waals surface area contributed by atoms with Gasteiger partial charge in [-0.1, -0.05) is 30.3 Å². The third kappa shape index (κ3) is 2.37. The highest BCUT2D eigenvalue weighted by Gasteiger charge is 2.28. The fourth-order valence-corrected chi connectivity index (χ4v) is 3.22. The van der Waals surface area contributed by atoms with E-state index in [0.717, 1.165) is 37.4 Å². The van der Waals surface area contributed by atoms with Crippen LogP contribution in [-0.4, -0.2) is 17.0 Å². The minimum Gasteiger partial charge on any atom is -0.352 e. The van der Waals surface area contributed by atoms with Crippen molar-refractivity contribution in [1.82, 2.24) is 9.88 Å². The molecule has 0 unspecified atom stereocenters. The first-order valence-electron chi connectivity index (χ1n) is 7.89. The topological polar surface area (TPSA) is 34.0 Å². The van der Waals surface area contributed by atoms with Crippen molar-refractivity contribution in [2.24, 2.45) is 5.92 Å². The Kier molecular flexibility index (Phi) is 3.06. The van der Waals surface area contributed by atoms with Crippen LogP contribution in [0.15, 0.2) is 36.4 Å². The number of hydrogen-bond acceptors (Lipinski definition) is 1. The lowest BCUT2D eigenvalue weighted by Gasteiger charge is -2.13. The molecule has 4 rings (SSSR count). The normalized spacial score (nSPS) is 18.0. The molecule has 1 aliphatic carbocycles. The zero-order valence-electron chi connectivity index (χ0n) is 12.1. The first-order valence-corrected chi connectivity index (χ1v) is 7.89. The summed E-state index contributed by atoms with van der Waals surface area (Å²) in [6, 6.07) is 12.5. The lowest BCUT2D eigenvalue weighted by Crippen LogP contribution is -2.22. The third-order valence-electron chi connectivity index (χ3n) is 4.54. The van der Waals surface area contributed by atoms with E-state index >= 15 is 0 Å². The molecular weight excluding hydrogens is 260 g/mol. The molecular formula is C18H20N2O. The monoisotopic (exact) mass is 280 g/mol. The van der Waals surface area contributed by atoms with E-state index in [2.05, 4.69) is 40.2 Å². The standard InChI is InChI=1S/C18H20N2O/c21-18-15-11-17(14-5-2-1-3-6-14)20(12-13-8-9-13)16(15)7-4-10-19-18/h1-3,5-6,11,13H,4,7-10,12H2,(H,19,21). The summed E-state index contributed by atoms with van der Waals surface area (Å²) < 4.78 is 2.41. The largest absolute Gasteiger partial charge is 0.352 e. The summed E-state index contributed by atoms with van der Waals surface area (Å²) in [6.07, 6.45) is 4.68. The maximum Gasteiger partial charge on any atom is 0.253 e. The van der Waals surface area contributed by atoms with Crippen molar-refractivity contribution in [2.45, 2.75) is 32.2 Å². The summed E-state index contributed by atoms with van der Waals surface area (Å²) in [4.78, 5) is 12.3. The minimum absolute atomic E-state index is 0.0919. The molecule has 1 amide bonds. The van der Waals surface area contributed by atoms with Crippen LogP contribution in [0.25, 0.3) is 11.3 Å². The molecule has 0 radical (unpaired) electrons. The van der Waals surface area contributed by atoms with E-state index in [1.165, 1.54) is 29.8 Å². The lowest BCUT2D eigenvalue weighted by atomic mass is 10.1. The first-order chi connectivity index (χ1) is 10.3. The number of rotatable bonds is 3. The second kappa shape index (κ2) is 5.06. The quantitative estimate of drug-likeness (QED) is 0.920. The molecule has 0 bridgehead atoms. The van der Waals surface area contributed by atoms with Gasteiger partial charge in [-0.15, -0.1) is 0 Å². The van der Waals surface area contributed by atoms with Crippen molar-refractivity contribution >= 4 is 5.91 Å². The summed E-state index contributed by atoms with van der Waals surface area (Å²) in [7, 11) is 0. The molecule has 0 atom stereocenters. The smallest absolute Gasteiger partial charge is 0.253 e. The fourth-order valence-electron chi connectivity index (χ4n) is 3.22. The highest BCUT2D eigenvalue weighted by Crippen LogP contribution is 2.35. The van der Waals surface area contributed by atoms with E-state index in [1.54, 1.807) is 0 Å². The second-order valence-corrected chi connectivity index (χ2v) is 6.17. The van der Waals surface area contributed by atoms with Gasteiger partial charge in [0, 0.05) is 24.5 Å². The van der Waals surface area contributed by atoms with Crippen LogP contribution in [0.2, 0.25) is 0 Å². The Balaban J connectivity index is 1.85. The van der Waals surface area contributed by atoms with Crippen molar-refractivity contribution in [2.75, 3.05) is 6.54 Å². The van der Waals surface area contributed by atoms with Crippen LogP contribution in [0.3, 0.4) is 0 Å². The zero-order valence-corrected chi connectivity index (χ0v) is 12.1. The maximum atomic E-state index is 12.3. The molecule has 1 aromatic carbocycles. The van der Waals surface area contributed by atoms with Crippen LogP contribution in [-0.2, 0) is 13.0 Å². The number of nitrogens with zero attached hydrogens (tertiary/aromatic N) is 1. The van der Waals surface area contributed by atoms with Gasteiger partial charge in [0.25, 0.3) is 5.91 Å².